The van der Waals surface area contributed by atoms with Crippen LogP contribution in [0.3, 0.4) is 0 Å². The summed E-state index contributed by atoms with van der Waals surface area (Å²) in [5, 5.41) is 14.0. The molecule has 4 atom stereocenters. The zero-order chi connectivity index (χ0) is 12.5. The van der Waals surface area contributed by atoms with Crippen LogP contribution >= 0.6 is 0 Å². The molecular weight excluding hydrogens is 230 g/mol. The highest BCUT2D eigenvalue weighted by Gasteiger charge is 2.37. The molecule has 4 unspecified atom stereocenters. The van der Waals surface area contributed by atoms with Gasteiger partial charge in [-0.05, 0) is 13.0 Å². The van der Waals surface area contributed by atoms with Crippen LogP contribution in [0.15, 0.2) is 24.3 Å². The molecule has 0 spiro atoms. The minimum atomic E-state index is -0.485. The van der Waals surface area contributed by atoms with E-state index in [0.717, 1.165) is 17.9 Å². The van der Waals surface area contributed by atoms with Crippen molar-refractivity contribution in [1.82, 2.24) is 5.32 Å². The van der Waals surface area contributed by atoms with E-state index in [1.165, 1.54) is 0 Å². The molecule has 0 saturated carbocycles. The van der Waals surface area contributed by atoms with Gasteiger partial charge in [-0.3, -0.25) is 0 Å². The fourth-order valence-corrected chi connectivity index (χ4v) is 2.78. The van der Waals surface area contributed by atoms with Gasteiger partial charge in [0.05, 0.1) is 25.9 Å². The minimum absolute atomic E-state index is 0.0441. The molecule has 4 heteroatoms. The highest BCUT2D eigenvalue weighted by molar-refractivity contribution is 5.37. The molecule has 2 aliphatic rings. The van der Waals surface area contributed by atoms with Crippen LogP contribution in [0.1, 0.15) is 18.6 Å². The molecule has 1 aromatic rings. The first-order valence-corrected chi connectivity index (χ1v) is 6.49. The van der Waals surface area contributed by atoms with Crippen molar-refractivity contribution in [3.63, 3.8) is 0 Å². The molecule has 1 fully saturated rings. The molecule has 0 radical (unpaired) electrons. The van der Waals surface area contributed by atoms with Crippen molar-refractivity contribution in [3.05, 3.63) is 29.8 Å². The van der Waals surface area contributed by atoms with Crippen molar-refractivity contribution >= 4 is 0 Å². The summed E-state index contributed by atoms with van der Waals surface area (Å²) in [6, 6.07) is 8.17. The number of fused-ring (bicyclic) bond motifs is 1. The van der Waals surface area contributed by atoms with E-state index in [1.807, 2.05) is 24.3 Å². The van der Waals surface area contributed by atoms with E-state index >= 15 is 0 Å². The fraction of sp³-hybridized carbons (Fsp3) is 0.571. The third kappa shape index (κ3) is 2.11. The lowest BCUT2D eigenvalue weighted by Gasteiger charge is -2.39. The topological polar surface area (TPSA) is 50.7 Å². The second-order valence-electron chi connectivity index (χ2n) is 5.17. The third-order valence-electron chi connectivity index (χ3n) is 3.76. The van der Waals surface area contributed by atoms with Crippen LogP contribution < -0.4 is 10.1 Å². The average molecular weight is 249 g/mol. The number of hydrogen-bond donors (Lipinski definition) is 2. The third-order valence-corrected chi connectivity index (χ3v) is 3.76. The number of rotatable bonds is 1. The number of hydrogen-bond acceptors (Lipinski definition) is 4. The van der Waals surface area contributed by atoms with Crippen molar-refractivity contribution in [3.8, 4) is 5.75 Å². The lowest BCUT2D eigenvalue weighted by molar-refractivity contribution is -0.0281. The van der Waals surface area contributed by atoms with E-state index in [4.69, 9.17) is 9.47 Å². The number of benzene rings is 1. The zero-order valence-electron chi connectivity index (χ0n) is 10.5. The Hall–Kier alpha value is -1.10. The largest absolute Gasteiger partial charge is 0.493 e. The van der Waals surface area contributed by atoms with E-state index in [9.17, 15) is 5.11 Å². The second kappa shape index (κ2) is 4.88. The van der Waals surface area contributed by atoms with Gasteiger partial charge >= 0.3 is 0 Å². The molecule has 0 amide bonds. The lowest BCUT2D eigenvalue weighted by atomic mass is 9.87. The Morgan fingerprint density at radius 1 is 1.22 bits per heavy atom. The van der Waals surface area contributed by atoms with E-state index in [1.54, 1.807) is 0 Å². The van der Waals surface area contributed by atoms with E-state index in [0.29, 0.717) is 19.3 Å². The van der Waals surface area contributed by atoms with Gasteiger partial charge in [-0.15, -0.1) is 0 Å². The molecule has 3 rings (SSSR count). The maximum absolute atomic E-state index is 10.5. The molecule has 0 aromatic heterocycles. The highest BCUT2D eigenvalue weighted by Crippen LogP contribution is 2.37. The van der Waals surface area contributed by atoms with Gasteiger partial charge in [0.1, 0.15) is 5.75 Å². The number of morpholine rings is 1. The highest BCUT2D eigenvalue weighted by atomic mass is 16.5. The summed E-state index contributed by atoms with van der Waals surface area (Å²) in [6.07, 6.45) is -0.485. The summed E-state index contributed by atoms with van der Waals surface area (Å²) in [7, 11) is 0. The quantitative estimate of drug-likeness (QED) is 0.782. The summed E-state index contributed by atoms with van der Waals surface area (Å²) in [4.78, 5) is 0. The Kier molecular flexibility index (Phi) is 3.24. The molecule has 1 saturated heterocycles. The summed E-state index contributed by atoms with van der Waals surface area (Å²) in [5.74, 6) is 0.841. The van der Waals surface area contributed by atoms with E-state index in [-0.39, 0.29) is 12.0 Å². The summed E-state index contributed by atoms with van der Waals surface area (Å²) >= 11 is 0. The Balaban J connectivity index is 1.79. The minimum Gasteiger partial charge on any atom is -0.493 e. The van der Waals surface area contributed by atoms with Crippen molar-refractivity contribution in [1.29, 1.82) is 0 Å². The normalized spacial score (nSPS) is 35.7. The Morgan fingerprint density at radius 2 is 2.06 bits per heavy atom. The first-order chi connectivity index (χ1) is 8.75. The average Bonchev–Trinajstić information content (AvgIpc) is 2.39. The van der Waals surface area contributed by atoms with Crippen LogP contribution in [-0.4, -0.2) is 37.0 Å². The fourth-order valence-electron chi connectivity index (χ4n) is 2.78. The summed E-state index contributed by atoms with van der Waals surface area (Å²) < 4.78 is 11.3. The van der Waals surface area contributed by atoms with Gasteiger partial charge in [-0.25, -0.2) is 0 Å². The van der Waals surface area contributed by atoms with Gasteiger partial charge in [-0.1, -0.05) is 18.2 Å². The van der Waals surface area contributed by atoms with Crippen LogP contribution in [0.25, 0.3) is 0 Å². The summed E-state index contributed by atoms with van der Waals surface area (Å²) in [5.41, 5.74) is 0.883. The molecule has 2 heterocycles. The van der Waals surface area contributed by atoms with Crippen LogP contribution in [0.4, 0.5) is 0 Å². The maximum Gasteiger partial charge on any atom is 0.125 e. The van der Waals surface area contributed by atoms with Crippen molar-refractivity contribution in [2.45, 2.75) is 25.1 Å². The molecular formula is C14H19NO3. The monoisotopic (exact) mass is 249 g/mol. The molecule has 2 aliphatic heterocycles. The standard InChI is InChI=1S/C14H19NO3/c1-9-6-17-8-12(15-9)11-7-18-13-5-3-2-4-10(13)14(11)16/h2-5,9,11-12,14-16H,6-8H2,1H3. The Bertz CT molecular complexity index is 423. The SMILES string of the molecule is CC1COCC(C2COc3ccccc3C2O)N1. The Labute approximate surface area is 107 Å². The van der Waals surface area contributed by atoms with E-state index in [2.05, 4.69) is 12.2 Å². The number of para-hydroxylation sites is 1. The number of aliphatic hydroxyl groups excluding tert-OH is 1. The smallest absolute Gasteiger partial charge is 0.125 e. The molecule has 0 bridgehead atoms. The van der Waals surface area contributed by atoms with Crippen molar-refractivity contribution in [2.24, 2.45) is 5.92 Å². The van der Waals surface area contributed by atoms with Crippen LogP contribution in [0.5, 0.6) is 5.75 Å². The molecule has 4 nitrogen and oxygen atoms in total. The van der Waals surface area contributed by atoms with Gasteiger partial charge in [0.25, 0.3) is 0 Å². The predicted molar refractivity (Wildman–Crippen MR) is 67.6 cm³/mol. The molecule has 0 aliphatic carbocycles. The molecule has 98 valence electrons. The first kappa shape index (κ1) is 12.0. The van der Waals surface area contributed by atoms with Gasteiger partial charge in [0.2, 0.25) is 0 Å². The van der Waals surface area contributed by atoms with Gasteiger partial charge < -0.3 is 19.9 Å². The Morgan fingerprint density at radius 3 is 2.89 bits per heavy atom. The predicted octanol–water partition coefficient (Wildman–Crippen LogP) is 1.11. The van der Waals surface area contributed by atoms with Gasteiger partial charge in [0.15, 0.2) is 0 Å². The number of nitrogens with one attached hydrogen (secondary N) is 1. The molecule has 18 heavy (non-hydrogen) atoms. The second-order valence-corrected chi connectivity index (χ2v) is 5.17. The molecule has 1 aromatic carbocycles. The maximum atomic E-state index is 10.5. The molecule has 2 N–H and O–H groups in total. The number of ether oxygens (including phenoxy) is 2. The summed E-state index contributed by atoms with van der Waals surface area (Å²) in [6.45, 7) is 4.00. The van der Waals surface area contributed by atoms with Gasteiger partial charge in [-0.2, -0.15) is 0 Å². The first-order valence-electron chi connectivity index (χ1n) is 6.49. The van der Waals surface area contributed by atoms with Crippen molar-refractivity contribution in [2.75, 3.05) is 19.8 Å². The van der Waals surface area contributed by atoms with Crippen LogP contribution in [0.2, 0.25) is 0 Å². The van der Waals surface area contributed by atoms with Crippen molar-refractivity contribution < 1.29 is 14.6 Å². The van der Waals surface area contributed by atoms with Crippen LogP contribution in [0, 0.1) is 5.92 Å². The lowest BCUT2D eigenvalue weighted by Crippen LogP contribution is -2.54. The van der Waals surface area contributed by atoms with Gasteiger partial charge in [0, 0.05) is 23.6 Å². The number of aliphatic hydroxyl groups is 1. The zero-order valence-corrected chi connectivity index (χ0v) is 10.5. The van der Waals surface area contributed by atoms with E-state index < -0.39 is 6.10 Å². The van der Waals surface area contributed by atoms with Crippen LogP contribution in [-0.2, 0) is 4.74 Å².